The van der Waals surface area contributed by atoms with Crippen molar-refractivity contribution in [1.82, 2.24) is 24.7 Å². The predicted molar refractivity (Wildman–Crippen MR) is 120 cm³/mol. The molecular formula is C22H34N6S. The quantitative estimate of drug-likeness (QED) is 0.603. The summed E-state index contributed by atoms with van der Waals surface area (Å²) in [6, 6.07) is 3.19. The van der Waals surface area contributed by atoms with Gasteiger partial charge in [0, 0.05) is 56.0 Å². The summed E-state index contributed by atoms with van der Waals surface area (Å²) < 4.78 is 2.26. The van der Waals surface area contributed by atoms with Crippen molar-refractivity contribution in [2.24, 2.45) is 10.9 Å². The maximum atomic E-state index is 5.06. The minimum absolute atomic E-state index is 0.449. The zero-order valence-corrected chi connectivity index (χ0v) is 18.7. The molecule has 2 aromatic rings. The number of fused-ring (bicyclic) bond motifs is 1. The molecule has 0 amide bonds. The van der Waals surface area contributed by atoms with Gasteiger partial charge in [0.05, 0.1) is 18.9 Å². The third-order valence-corrected chi connectivity index (χ3v) is 7.45. The van der Waals surface area contributed by atoms with Crippen LogP contribution in [0.3, 0.4) is 0 Å². The lowest BCUT2D eigenvalue weighted by Gasteiger charge is -2.39. The number of nitrogens with zero attached hydrogens (tertiary/aromatic N) is 5. The van der Waals surface area contributed by atoms with Crippen molar-refractivity contribution in [2.45, 2.75) is 52.2 Å². The molecule has 3 atom stereocenters. The molecule has 3 unspecified atom stereocenters. The predicted octanol–water partition coefficient (Wildman–Crippen LogP) is 3.24. The molecule has 6 nitrogen and oxygen atoms in total. The van der Waals surface area contributed by atoms with Gasteiger partial charge in [-0.1, -0.05) is 6.92 Å². The molecule has 1 saturated heterocycles. The summed E-state index contributed by atoms with van der Waals surface area (Å²) in [5.74, 6) is 1.71. The Morgan fingerprint density at radius 3 is 3.10 bits per heavy atom. The lowest BCUT2D eigenvalue weighted by atomic mass is 9.93. The van der Waals surface area contributed by atoms with Crippen LogP contribution in [0.4, 0.5) is 0 Å². The Hall–Kier alpha value is -1.86. The Balaban J connectivity index is 1.41. The molecule has 2 aliphatic heterocycles. The summed E-state index contributed by atoms with van der Waals surface area (Å²) >= 11 is 1.90. The summed E-state index contributed by atoms with van der Waals surface area (Å²) in [7, 11) is 0. The largest absolute Gasteiger partial charge is 0.357 e. The Morgan fingerprint density at radius 2 is 2.31 bits per heavy atom. The van der Waals surface area contributed by atoms with Gasteiger partial charge in [-0.3, -0.25) is 9.89 Å². The first-order chi connectivity index (χ1) is 14.2. The van der Waals surface area contributed by atoms with Crippen molar-refractivity contribution >= 4 is 17.3 Å². The molecule has 0 aliphatic carbocycles. The molecule has 4 rings (SSSR count). The van der Waals surface area contributed by atoms with Gasteiger partial charge in [0.15, 0.2) is 5.96 Å². The average molecular weight is 415 g/mol. The maximum Gasteiger partial charge on any atom is 0.194 e. The lowest BCUT2D eigenvalue weighted by molar-refractivity contribution is 0.184. The van der Waals surface area contributed by atoms with E-state index in [1.54, 1.807) is 4.88 Å². The highest BCUT2D eigenvalue weighted by Gasteiger charge is 2.29. The molecule has 1 fully saturated rings. The molecule has 0 radical (unpaired) electrons. The second kappa shape index (κ2) is 9.30. The topological polar surface area (TPSA) is 48.7 Å². The Bertz CT molecular complexity index is 798. The van der Waals surface area contributed by atoms with Crippen LogP contribution >= 0.6 is 11.3 Å². The monoisotopic (exact) mass is 414 g/mol. The summed E-state index contributed by atoms with van der Waals surface area (Å²) in [6.45, 7) is 12.8. The first-order valence-corrected chi connectivity index (χ1v) is 11.8. The van der Waals surface area contributed by atoms with E-state index in [2.05, 4.69) is 63.1 Å². The van der Waals surface area contributed by atoms with Crippen LogP contribution in [0.2, 0.25) is 0 Å². The molecule has 0 bridgehead atoms. The number of rotatable bonds is 5. The highest BCUT2D eigenvalue weighted by Crippen LogP contribution is 2.28. The van der Waals surface area contributed by atoms with Crippen molar-refractivity contribution in [1.29, 1.82) is 0 Å². The molecule has 0 saturated carbocycles. The Morgan fingerprint density at radius 1 is 1.41 bits per heavy atom. The zero-order valence-electron chi connectivity index (χ0n) is 17.9. The summed E-state index contributed by atoms with van der Waals surface area (Å²) in [4.78, 5) is 15.9. The Labute approximate surface area is 178 Å². The van der Waals surface area contributed by atoms with Crippen molar-refractivity contribution < 1.29 is 0 Å². The zero-order chi connectivity index (χ0) is 20.2. The van der Waals surface area contributed by atoms with E-state index in [0.29, 0.717) is 18.0 Å². The number of thiophene rings is 1. The standard InChI is InChI=1S/C22H34N6S/c1-4-24-22(27-9-5-17(2)20(15-27)28-11-8-23-16-28)25-13-18(3)26-10-6-21-19(14-26)7-12-29-21/h7-8,11-12,16-18,20H,4-6,9-10,13-15H2,1-3H3,(H,24,25). The molecule has 2 aromatic heterocycles. The minimum Gasteiger partial charge on any atom is -0.357 e. The minimum atomic E-state index is 0.449. The first kappa shape index (κ1) is 20.4. The van der Waals surface area contributed by atoms with Gasteiger partial charge in [0.2, 0.25) is 0 Å². The molecule has 4 heterocycles. The third kappa shape index (κ3) is 4.67. The summed E-state index contributed by atoms with van der Waals surface area (Å²) in [6.07, 6.45) is 8.27. The number of hydrogen-bond acceptors (Lipinski definition) is 4. The SMILES string of the molecule is CCNC(=NCC(C)N1CCc2sccc2C1)N1CCC(C)C(n2ccnc2)C1. The average Bonchev–Trinajstić information content (AvgIpc) is 3.42. The number of guanidine groups is 1. The van der Waals surface area contributed by atoms with Crippen LogP contribution in [0.25, 0.3) is 0 Å². The van der Waals surface area contributed by atoms with Gasteiger partial charge in [-0.2, -0.15) is 0 Å². The van der Waals surface area contributed by atoms with Crippen LogP contribution < -0.4 is 5.32 Å². The van der Waals surface area contributed by atoms with E-state index >= 15 is 0 Å². The maximum absolute atomic E-state index is 5.06. The van der Waals surface area contributed by atoms with Crippen LogP contribution in [0.1, 0.15) is 43.7 Å². The van der Waals surface area contributed by atoms with Gasteiger partial charge in [0.25, 0.3) is 0 Å². The van der Waals surface area contributed by atoms with Gasteiger partial charge >= 0.3 is 0 Å². The number of piperidine rings is 1. The van der Waals surface area contributed by atoms with Crippen molar-refractivity contribution in [3.8, 4) is 0 Å². The first-order valence-electron chi connectivity index (χ1n) is 11.0. The highest BCUT2D eigenvalue weighted by atomic mass is 32.1. The van der Waals surface area contributed by atoms with Crippen LogP contribution in [0.15, 0.2) is 35.2 Å². The molecular weight excluding hydrogens is 380 g/mol. The molecule has 29 heavy (non-hydrogen) atoms. The number of likely N-dealkylation sites (tertiary alicyclic amines) is 1. The number of aromatic nitrogens is 2. The van der Waals surface area contributed by atoms with Crippen molar-refractivity contribution in [3.63, 3.8) is 0 Å². The molecule has 1 N–H and O–H groups in total. The lowest BCUT2D eigenvalue weighted by Crippen LogP contribution is -2.49. The van der Waals surface area contributed by atoms with Crippen LogP contribution in [-0.2, 0) is 13.0 Å². The summed E-state index contributed by atoms with van der Waals surface area (Å²) in [5, 5.41) is 5.77. The molecule has 158 valence electrons. The van der Waals surface area contributed by atoms with Crippen LogP contribution in [0.5, 0.6) is 0 Å². The number of hydrogen-bond donors (Lipinski definition) is 1. The fourth-order valence-corrected chi connectivity index (χ4v) is 5.39. The fourth-order valence-electron chi connectivity index (χ4n) is 4.50. The Kier molecular flexibility index (Phi) is 6.55. The summed E-state index contributed by atoms with van der Waals surface area (Å²) in [5.41, 5.74) is 1.51. The van der Waals surface area contributed by atoms with Gasteiger partial charge in [-0.25, -0.2) is 4.98 Å². The highest BCUT2D eigenvalue weighted by molar-refractivity contribution is 7.10. The molecule has 7 heteroatoms. The fraction of sp³-hybridized carbons (Fsp3) is 0.636. The van der Waals surface area contributed by atoms with Gasteiger partial charge < -0.3 is 14.8 Å². The normalized spacial score (nSPS) is 24.4. The van der Waals surface area contributed by atoms with E-state index in [1.807, 2.05) is 23.9 Å². The van der Waals surface area contributed by atoms with Crippen molar-refractivity contribution in [3.05, 3.63) is 40.6 Å². The smallest absolute Gasteiger partial charge is 0.194 e. The van der Waals surface area contributed by atoms with E-state index in [1.165, 1.54) is 18.4 Å². The van der Waals surface area contributed by atoms with Crippen molar-refractivity contribution in [2.75, 3.05) is 32.7 Å². The second-order valence-corrected chi connectivity index (χ2v) is 9.42. The van der Waals surface area contributed by atoms with E-state index in [-0.39, 0.29) is 0 Å². The van der Waals surface area contributed by atoms with Gasteiger partial charge in [-0.15, -0.1) is 11.3 Å². The number of nitrogens with one attached hydrogen (secondary N) is 1. The van der Waals surface area contributed by atoms with Crippen LogP contribution in [-0.4, -0.2) is 64.1 Å². The molecule has 2 aliphatic rings. The van der Waals surface area contributed by atoms with E-state index in [4.69, 9.17) is 4.99 Å². The van der Waals surface area contributed by atoms with Crippen LogP contribution in [0, 0.1) is 5.92 Å². The molecule has 0 aromatic carbocycles. The third-order valence-electron chi connectivity index (χ3n) is 6.43. The van der Waals surface area contributed by atoms with E-state index in [0.717, 1.165) is 45.2 Å². The second-order valence-electron chi connectivity index (χ2n) is 8.42. The molecule has 0 spiro atoms. The van der Waals surface area contributed by atoms with E-state index < -0.39 is 0 Å². The van der Waals surface area contributed by atoms with E-state index in [9.17, 15) is 0 Å². The number of aliphatic imine (C=N–C) groups is 1. The van der Waals surface area contributed by atoms with Gasteiger partial charge in [-0.05, 0) is 49.6 Å². The number of imidazole rings is 1. The van der Waals surface area contributed by atoms with Gasteiger partial charge in [0.1, 0.15) is 0 Å².